The van der Waals surface area contributed by atoms with E-state index < -0.39 is 0 Å². The van der Waals surface area contributed by atoms with Crippen molar-refractivity contribution in [1.82, 2.24) is 15.1 Å². The van der Waals surface area contributed by atoms with Crippen LogP contribution in [0.2, 0.25) is 0 Å². The van der Waals surface area contributed by atoms with Crippen LogP contribution in [-0.4, -0.2) is 60.9 Å². The highest BCUT2D eigenvalue weighted by Crippen LogP contribution is 2.11. The quantitative estimate of drug-likeness (QED) is 0.678. The molecule has 1 fully saturated rings. The van der Waals surface area contributed by atoms with Crippen LogP contribution in [0.1, 0.15) is 30.5 Å². The minimum absolute atomic E-state index is 0.159. The van der Waals surface area contributed by atoms with Crippen molar-refractivity contribution in [1.29, 1.82) is 0 Å². The van der Waals surface area contributed by atoms with Crippen LogP contribution in [0.25, 0.3) is 0 Å². The van der Waals surface area contributed by atoms with E-state index in [2.05, 4.69) is 49.2 Å². The van der Waals surface area contributed by atoms with Crippen molar-refractivity contribution in [2.45, 2.75) is 34.1 Å². The lowest BCUT2D eigenvalue weighted by Gasteiger charge is -2.36. The van der Waals surface area contributed by atoms with Gasteiger partial charge >= 0.3 is 0 Å². The summed E-state index contributed by atoms with van der Waals surface area (Å²) in [5.41, 5.74) is 4.00. The lowest BCUT2D eigenvalue weighted by atomic mass is 10.0. The molecule has 5 nitrogen and oxygen atoms in total. The minimum atomic E-state index is 0.159. The normalized spacial score (nSPS) is 15.6. The van der Waals surface area contributed by atoms with Crippen LogP contribution in [0.3, 0.4) is 0 Å². The molecule has 1 saturated heterocycles. The second kappa shape index (κ2) is 8.71. The molecule has 0 aromatic heterocycles. The first kappa shape index (κ1) is 18.3. The molecule has 0 atom stereocenters. The average Bonchev–Trinajstić information content (AvgIpc) is 2.56. The van der Waals surface area contributed by atoms with Crippen LogP contribution in [0.15, 0.2) is 23.2 Å². The van der Waals surface area contributed by atoms with Crippen molar-refractivity contribution in [2.24, 2.45) is 4.99 Å². The van der Waals surface area contributed by atoms with Crippen LogP contribution < -0.4 is 5.32 Å². The first-order valence-corrected chi connectivity index (χ1v) is 8.86. The zero-order valence-corrected chi connectivity index (χ0v) is 15.4. The Bertz CT molecular complexity index is 589. The molecule has 0 saturated carbocycles. The molecular weight excluding hydrogens is 300 g/mol. The number of piperazine rings is 1. The van der Waals surface area contributed by atoms with Crippen molar-refractivity contribution in [3.8, 4) is 0 Å². The Hall–Kier alpha value is -2.04. The Balaban J connectivity index is 1.94. The molecule has 1 amide bonds. The molecule has 1 aliphatic heterocycles. The third-order valence-corrected chi connectivity index (χ3v) is 4.50. The molecule has 1 aliphatic rings. The molecule has 1 aromatic carbocycles. The van der Waals surface area contributed by atoms with Crippen molar-refractivity contribution in [3.05, 3.63) is 34.9 Å². The van der Waals surface area contributed by atoms with Crippen LogP contribution >= 0.6 is 0 Å². The topological polar surface area (TPSA) is 47.9 Å². The van der Waals surface area contributed by atoms with Crippen molar-refractivity contribution in [3.63, 3.8) is 0 Å². The maximum atomic E-state index is 11.4. The summed E-state index contributed by atoms with van der Waals surface area (Å²) in [6, 6.07) is 6.60. The van der Waals surface area contributed by atoms with Crippen LogP contribution in [0, 0.1) is 13.8 Å². The Morgan fingerprint density at radius 3 is 2.42 bits per heavy atom. The van der Waals surface area contributed by atoms with E-state index in [9.17, 15) is 4.79 Å². The molecule has 1 aromatic rings. The molecule has 1 heterocycles. The van der Waals surface area contributed by atoms with Gasteiger partial charge in [0.15, 0.2) is 5.96 Å². The van der Waals surface area contributed by atoms with Gasteiger partial charge < -0.3 is 15.1 Å². The summed E-state index contributed by atoms with van der Waals surface area (Å²) < 4.78 is 0. The Morgan fingerprint density at radius 2 is 1.83 bits per heavy atom. The molecule has 1 N–H and O–H groups in total. The molecular formula is C19H30N4O. The van der Waals surface area contributed by atoms with Gasteiger partial charge in [0.05, 0.1) is 0 Å². The van der Waals surface area contributed by atoms with Gasteiger partial charge in [-0.1, -0.05) is 23.8 Å². The molecule has 132 valence electrons. The zero-order valence-electron chi connectivity index (χ0n) is 15.4. The average molecular weight is 330 g/mol. The predicted octanol–water partition coefficient (Wildman–Crippen LogP) is 1.98. The summed E-state index contributed by atoms with van der Waals surface area (Å²) in [4.78, 5) is 20.4. The molecule has 0 bridgehead atoms. The summed E-state index contributed by atoms with van der Waals surface area (Å²) in [5.74, 6) is 1.12. The number of rotatable bonds is 4. The van der Waals surface area contributed by atoms with E-state index in [1.54, 1.807) is 6.92 Å². The third kappa shape index (κ3) is 4.98. The highest BCUT2D eigenvalue weighted by molar-refractivity contribution is 5.80. The fraction of sp³-hybridized carbons (Fsp3) is 0.579. The van der Waals surface area contributed by atoms with Gasteiger partial charge in [0, 0.05) is 46.2 Å². The first-order valence-electron chi connectivity index (χ1n) is 8.86. The van der Waals surface area contributed by atoms with Gasteiger partial charge in [-0.2, -0.15) is 0 Å². The van der Waals surface area contributed by atoms with Crippen LogP contribution in [-0.2, 0) is 11.2 Å². The Morgan fingerprint density at radius 1 is 1.17 bits per heavy atom. The van der Waals surface area contributed by atoms with E-state index in [0.717, 1.165) is 51.6 Å². The number of nitrogens with zero attached hydrogens (tertiary/aromatic N) is 3. The van der Waals surface area contributed by atoms with Gasteiger partial charge in [-0.3, -0.25) is 9.79 Å². The van der Waals surface area contributed by atoms with Crippen molar-refractivity contribution in [2.75, 3.05) is 39.3 Å². The highest BCUT2D eigenvalue weighted by Gasteiger charge is 2.20. The van der Waals surface area contributed by atoms with E-state index >= 15 is 0 Å². The van der Waals surface area contributed by atoms with Gasteiger partial charge in [0.25, 0.3) is 0 Å². The zero-order chi connectivity index (χ0) is 17.5. The summed E-state index contributed by atoms with van der Waals surface area (Å²) in [7, 11) is 0. The monoisotopic (exact) mass is 330 g/mol. The number of hydrogen-bond acceptors (Lipinski definition) is 2. The number of aryl methyl sites for hydroxylation is 2. The number of nitrogens with one attached hydrogen (secondary N) is 1. The smallest absolute Gasteiger partial charge is 0.219 e. The van der Waals surface area contributed by atoms with E-state index in [1.807, 2.05) is 4.90 Å². The molecule has 0 aliphatic carbocycles. The molecule has 0 unspecified atom stereocenters. The van der Waals surface area contributed by atoms with Gasteiger partial charge in [0.1, 0.15) is 0 Å². The fourth-order valence-corrected chi connectivity index (χ4v) is 3.07. The maximum absolute atomic E-state index is 11.4. The fourth-order valence-electron chi connectivity index (χ4n) is 3.07. The second-order valence-electron chi connectivity index (χ2n) is 6.41. The Labute approximate surface area is 145 Å². The number of carbonyl (C=O) groups excluding carboxylic acids is 1. The predicted molar refractivity (Wildman–Crippen MR) is 99.4 cm³/mol. The summed E-state index contributed by atoms with van der Waals surface area (Å²) in [5, 5.41) is 3.38. The second-order valence-corrected chi connectivity index (χ2v) is 6.41. The minimum Gasteiger partial charge on any atom is -0.357 e. The molecule has 0 spiro atoms. The lowest BCUT2D eigenvalue weighted by Crippen LogP contribution is -2.53. The van der Waals surface area contributed by atoms with Crippen LogP contribution in [0.5, 0.6) is 0 Å². The SMILES string of the molecule is CCNC(=NCCc1ccc(C)cc1C)N1CCN(C(C)=O)CC1. The van der Waals surface area contributed by atoms with Crippen molar-refractivity contribution < 1.29 is 4.79 Å². The van der Waals surface area contributed by atoms with Gasteiger partial charge in [0.2, 0.25) is 5.91 Å². The summed E-state index contributed by atoms with van der Waals surface area (Å²) >= 11 is 0. The van der Waals surface area contributed by atoms with E-state index in [0.29, 0.717) is 0 Å². The third-order valence-electron chi connectivity index (χ3n) is 4.50. The molecule has 24 heavy (non-hydrogen) atoms. The first-order chi connectivity index (χ1) is 11.5. The number of amides is 1. The summed E-state index contributed by atoms with van der Waals surface area (Å²) in [6.07, 6.45) is 0.953. The van der Waals surface area contributed by atoms with Gasteiger partial charge in [-0.25, -0.2) is 0 Å². The van der Waals surface area contributed by atoms with E-state index in [-0.39, 0.29) is 5.91 Å². The standard InChI is InChI=1S/C19H30N4O/c1-5-20-19(23-12-10-22(11-13-23)17(4)24)21-9-8-18-7-6-15(2)14-16(18)3/h6-7,14H,5,8-13H2,1-4H3,(H,20,21). The number of benzene rings is 1. The van der Waals surface area contributed by atoms with Gasteiger partial charge in [-0.05, 0) is 38.3 Å². The van der Waals surface area contributed by atoms with Crippen molar-refractivity contribution >= 4 is 11.9 Å². The highest BCUT2D eigenvalue weighted by atomic mass is 16.2. The Kier molecular flexibility index (Phi) is 6.64. The molecule has 5 heteroatoms. The van der Waals surface area contributed by atoms with E-state index in [1.165, 1.54) is 16.7 Å². The number of aliphatic imine (C=N–C) groups is 1. The lowest BCUT2D eigenvalue weighted by molar-refractivity contribution is -0.130. The van der Waals surface area contributed by atoms with Gasteiger partial charge in [-0.15, -0.1) is 0 Å². The van der Waals surface area contributed by atoms with E-state index in [4.69, 9.17) is 4.99 Å². The molecule has 0 radical (unpaired) electrons. The molecule has 2 rings (SSSR count). The van der Waals surface area contributed by atoms with Crippen LogP contribution in [0.4, 0.5) is 0 Å². The maximum Gasteiger partial charge on any atom is 0.219 e. The number of hydrogen-bond donors (Lipinski definition) is 1. The largest absolute Gasteiger partial charge is 0.357 e. The summed E-state index contributed by atoms with van der Waals surface area (Å²) in [6.45, 7) is 12.9. The number of guanidine groups is 1. The number of carbonyl (C=O) groups is 1.